The third-order valence-corrected chi connectivity index (χ3v) is 2.54. The lowest BCUT2D eigenvalue weighted by molar-refractivity contribution is 0.0987. The van der Waals surface area contributed by atoms with Gasteiger partial charge in [0.25, 0.3) is 0 Å². The van der Waals surface area contributed by atoms with Gasteiger partial charge in [-0.2, -0.15) is 0 Å². The molecule has 0 spiro atoms. The van der Waals surface area contributed by atoms with E-state index in [1.807, 2.05) is 12.1 Å². The summed E-state index contributed by atoms with van der Waals surface area (Å²) >= 11 is 0. The Morgan fingerprint density at radius 2 is 2.40 bits per heavy atom. The predicted molar refractivity (Wildman–Crippen MR) is 59.3 cm³/mol. The summed E-state index contributed by atoms with van der Waals surface area (Å²) < 4.78 is 5.49. The second-order valence-electron chi connectivity index (χ2n) is 3.87. The highest BCUT2D eigenvalue weighted by Crippen LogP contribution is 2.32. The normalized spacial score (nSPS) is 15.0. The van der Waals surface area contributed by atoms with Gasteiger partial charge in [-0.1, -0.05) is 6.08 Å². The van der Waals surface area contributed by atoms with Crippen molar-refractivity contribution in [3.63, 3.8) is 0 Å². The molecule has 1 heterocycles. The van der Waals surface area contributed by atoms with Crippen LogP contribution in [0.3, 0.4) is 0 Å². The first-order valence-corrected chi connectivity index (χ1v) is 5.20. The lowest BCUT2D eigenvalue weighted by atomic mass is 10.3. The van der Waals surface area contributed by atoms with Crippen LogP contribution < -0.4 is 4.90 Å². The fourth-order valence-corrected chi connectivity index (χ4v) is 1.62. The Kier molecular flexibility index (Phi) is 2.62. The van der Waals surface area contributed by atoms with Crippen molar-refractivity contribution in [2.24, 2.45) is 0 Å². The van der Waals surface area contributed by atoms with E-state index >= 15 is 0 Å². The molecular weight excluding hydrogens is 190 g/mol. The van der Waals surface area contributed by atoms with Crippen molar-refractivity contribution >= 4 is 11.7 Å². The largest absolute Gasteiger partial charge is 0.437 e. The van der Waals surface area contributed by atoms with Gasteiger partial charge in [-0.3, -0.25) is 4.79 Å². The maximum Gasteiger partial charge on any atom is 0.196 e. The zero-order chi connectivity index (χ0) is 10.8. The van der Waals surface area contributed by atoms with E-state index in [1.165, 1.54) is 19.8 Å². The molecule has 0 amide bonds. The molecule has 3 nitrogen and oxygen atoms in total. The summed E-state index contributed by atoms with van der Waals surface area (Å²) in [7, 11) is 0. The molecule has 0 bridgehead atoms. The van der Waals surface area contributed by atoms with E-state index in [0.717, 1.165) is 12.4 Å². The van der Waals surface area contributed by atoms with Crippen LogP contribution in [-0.2, 0) is 0 Å². The average Bonchev–Trinajstić information content (AvgIpc) is 2.91. The number of carbonyl (C=O) groups excluding carboxylic acids is 1. The van der Waals surface area contributed by atoms with E-state index in [1.54, 1.807) is 6.07 Å². The van der Waals surface area contributed by atoms with Gasteiger partial charge < -0.3 is 9.32 Å². The topological polar surface area (TPSA) is 33.5 Å². The van der Waals surface area contributed by atoms with Crippen molar-refractivity contribution in [2.45, 2.75) is 25.8 Å². The molecule has 3 heteroatoms. The third kappa shape index (κ3) is 2.12. The van der Waals surface area contributed by atoms with E-state index in [9.17, 15) is 4.79 Å². The molecule has 0 aromatic carbocycles. The predicted octanol–water partition coefficient (Wildman–Crippen LogP) is 2.64. The van der Waals surface area contributed by atoms with Crippen LogP contribution in [0.5, 0.6) is 0 Å². The average molecular weight is 205 g/mol. The SMILES string of the molecule is C=CCN(c1ccc(C(C)=O)o1)C1CC1. The molecule has 1 aliphatic carbocycles. The summed E-state index contributed by atoms with van der Waals surface area (Å²) in [6.45, 7) is 6.01. The van der Waals surface area contributed by atoms with Gasteiger partial charge in [-0.05, 0) is 18.9 Å². The summed E-state index contributed by atoms with van der Waals surface area (Å²) in [5.41, 5.74) is 0. The first-order valence-electron chi connectivity index (χ1n) is 5.20. The number of carbonyl (C=O) groups is 1. The summed E-state index contributed by atoms with van der Waals surface area (Å²) in [4.78, 5) is 13.2. The fourth-order valence-electron chi connectivity index (χ4n) is 1.62. The Morgan fingerprint density at radius 3 is 2.87 bits per heavy atom. The van der Waals surface area contributed by atoms with Crippen molar-refractivity contribution in [1.29, 1.82) is 0 Å². The molecule has 80 valence electrons. The van der Waals surface area contributed by atoms with Gasteiger partial charge >= 0.3 is 0 Å². The monoisotopic (exact) mass is 205 g/mol. The van der Waals surface area contributed by atoms with Crippen LogP contribution >= 0.6 is 0 Å². The van der Waals surface area contributed by atoms with Gasteiger partial charge in [0, 0.05) is 25.6 Å². The van der Waals surface area contributed by atoms with Crippen LogP contribution in [0, 0.1) is 0 Å². The zero-order valence-electron chi connectivity index (χ0n) is 8.90. The van der Waals surface area contributed by atoms with Crippen LogP contribution in [0.4, 0.5) is 5.88 Å². The maximum absolute atomic E-state index is 11.1. The standard InChI is InChI=1S/C12H15NO2/c1-3-8-13(10-4-5-10)12-7-6-11(15-12)9(2)14/h3,6-7,10H,1,4-5,8H2,2H3. The van der Waals surface area contributed by atoms with Crippen molar-refractivity contribution in [2.75, 3.05) is 11.4 Å². The number of Topliss-reactive ketones (excluding diaryl/α,β-unsaturated/α-hetero) is 1. The second kappa shape index (κ2) is 3.93. The minimum Gasteiger partial charge on any atom is -0.437 e. The molecule has 1 aliphatic rings. The number of hydrogen-bond acceptors (Lipinski definition) is 3. The summed E-state index contributed by atoms with van der Waals surface area (Å²) in [5, 5.41) is 0. The lowest BCUT2D eigenvalue weighted by Crippen LogP contribution is -2.24. The molecule has 0 N–H and O–H groups in total. The molecular formula is C12H15NO2. The molecule has 2 rings (SSSR count). The van der Waals surface area contributed by atoms with Crippen LogP contribution in [0.1, 0.15) is 30.3 Å². The lowest BCUT2D eigenvalue weighted by Gasteiger charge is -2.19. The Balaban J connectivity index is 2.17. The number of rotatable bonds is 5. The van der Waals surface area contributed by atoms with Gasteiger partial charge in [0.1, 0.15) is 0 Å². The molecule has 0 atom stereocenters. The van der Waals surface area contributed by atoms with E-state index in [0.29, 0.717) is 11.8 Å². The van der Waals surface area contributed by atoms with Crippen LogP contribution in [0.15, 0.2) is 29.2 Å². The molecule has 0 aliphatic heterocycles. The van der Waals surface area contributed by atoms with Crippen molar-refractivity contribution in [1.82, 2.24) is 0 Å². The molecule has 1 aromatic rings. The molecule has 1 aromatic heterocycles. The molecule has 15 heavy (non-hydrogen) atoms. The Labute approximate surface area is 89.4 Å². The van der Waals surface area contributed by atoms with E-state index < -0.39 is 0 Å². The van der Waals surface area contributed by atoms with Gasteiger partial charge in [-0.25, -0.2) is 0 Å². The molecule has 0 unspecified atom stereocenters. The molecule has 1 saturated carbocycles. The summed E-state index contributed by atoms with van der Waals surface area (Å²) in [6, 6.07) is 4.16. The van der Waals surface area contributed by atoms with Crippen LogP contribution in [0.2, 0.25) is 0 Å². The van der Waals surface area contributed by atoms with E-state index in [4.69, 9.17) is 4.42 Å². The van der Waals surface area contributed by atoms with Crippen LogP contribution in [-0.4, -0.2) is 18.4 Å². The minimum atomic E-state index is -0.0319. The molecule has 0 saturated heterocycles. The third-order valence-electron chi connectivity index (χ3n) is 2.54. The highest BCUT2D eigenvalue weighted by Gasteiger charge is 2.30. The fraction of sp³-hybridized carbons (Fsp3) is 0.417. The van der Waals surface area contributed by atoms with E-state index in [2.05, 4.69) is 11.5 Å². The first kappa shape index (κ1) is 10.0. The summed E-state index contributed by atoms with van der Waals surface area (Å²) in [6.07, 6.45) is 4.25. The van der Waals surface area contributed by atoms with E-state index in [-0.39, 0.29) is 5.78 Å². The van der Waals surface area contributed by atoms with Crippen molar-refractivity contribution in [3.8, 4) is 0 Å². The van der Waals surface area contributed by atoms with Gasteiger partial charge in [-0.15, -0.1) is 6.58 Å². The zero-order valence-corrected chi connectivity index (χ0v) is 8.90. The quantitative estimate of drug-likeness (QED) is 0.547. The van der Waals surface area contributed by atoms with Gasteiger partial charge in [0.15, 0.2) is 17.4 Å². The number of nitrogens with zero attached hydrogens (tertiary/aromatic N) is 1. The molecule has 0 radical (unpaired) electrons. The Morgan fingerprint density at radius 1 is 1.67 bits per heavy atom. The Bertz CT molecular complexity index is 377. The smallest absolute Gasteiger partial charge is 0.196 e. The Hall–Kier alpha value is -1.51. The highest BCUT2D eigenvalue weighted by atomic mass is 16.4. The van der Waals surface area contributed by atoms with Crippen molar-refractivity contribution < 1.29 is 9.21 Å². The maximum atomic E-state index is 11.1. The van der Waals surface area contributed by atoms with Crippen LogP contribution in [0.25, 0.3) is 0 Å². The number of hydrogen-bond donors (Lipinski definition) is 0. The van der Waals surface area contributed by atoms with Gasteiger partial charge in [0.2, 0.25) is 0 Å². The highest BCUT2D eigenvalue weighted by molar-refractivity contribution is 5.91. The molecule has 1 fully saturated rings. The van der Waals surface area contributed by atoms with Gasteiger partial charge in [0.05, 0.1) is 0 Å². The summed E-state index contributed by atoms with van der Waals surface area (Å²) in [5.74, 6) is 1.18. The second-order valence-corrected chi connectivity index (χ2v) is 3.87. The number of ketones is 1. The first-order chi connectivity index (χ1) is 7.22. The van der Waals surface area contributed by atoms with Crippen molar-refractivity contribution in [3.05, 3.63) is 30.5 Å². The number of anilines is 1. The number of furan rings is 1. The minimum absolute atomic E-state index is 0.0319.